The predicted octanol–water partition coefficient (Wildman–Crippen LogP) is 25.5. The normalized spacial score (nSPS) is 11.3. The van der Waals surface area contributed by atoms with E-state index in [1.165, 1.54) is 229 Å². The lowest BCUT2D eigenvalue weighted by atomic mass is 9.73. The van der Waals surface area contributed by atoms with E-state index in [0.717, 1.165) is 21.8 Å². The molecule has 0 saturated heterocycles. The summed E-state index contributed by atoms with van der Waals surface area (Å²) in [5.41, 5.74) is 22.2. The fraction of sp³-hybridized carbons (Fsp3) is 0.308. The van der Waals surface area contributed by atoms with Crippen LogP contribution >= 0.6 is 31.9 Å². The molecule has 2 heteroatoms. The van der Waals surface area contributed by atoms with Crippen LogP contribution in [-0.4, -0.2) is 0 Å². The van der Waals surface area contributed by atoms with Crippen LogP contribution in [0.2, 0.25) is 0 Å². The van der Waals surface area contributed by atoms with E-state index >= 15 is 0 Å². The highest BCUT2D eigenvalue weighted by Crippen LogP contribution is 2.56. The molecule has 0 amide bonds. The summed E-state index contributed by atoms with van der Waals surface area (Å²) >= 11 is 7.71. The smallest absolute Gasteiger partial charge is 0.0175 e. The minimum absolute atomic E-state index is 1.06. The summed E-state index contributed by atoms with van der Waals surface area (Å²) < 4.78 is 2.12. The number of hydrogen-bond donors (Lipinski definition) is 0. The van der Waals surface area contributed by atoms with Crippen molar-refractivity contribution in [2.75, 3.05) is 0 Å². The minimum Gasteiger partial charge on any atom is -0.0654 e. The first-order valence-corrected chi connectivity index (χ1v) is 32.3. The van der Waals surface area contributed by atoms with Crippen LogP contribution in [-0.2, 0) is 12.8 Å². The number of benzene rings is 9. The molecule has 0 radical (unpaired) electrons. The summed E-state index contributed by atoms with van der Waals surface area (Å²) in [7, 11) is 0. The van der Waals surface area contributed by atoms with E-state index in [1.54, 1.807) is 0 Å². The SMILES string of the molecule is CCCCCCCCCCCCc1ccc(-c2c(-c3ccc(CCCCCCCCCCCC)cc3)c(-c3cccc(-c4ccccc4)c3)c(-c3ccc(Br)cc3)c(-c3ccc(Br)cc3)c2-c2cccc(-c3ccccc3)c2)cc1. The molecule has 0 nitrogen and oxygen atoms in total. The van der Waals surface area contributed by atoms with Gasteiger partial charge < -0.3 is 0 Å². The zero-order valence-corrected chi connectivity index (χ0v) is 51.1. The molecule has 0 aliphatic heterocycles. The van der Waals surface area contributed by atoms with Gasteiger partial charge in [0.05, 0.1) is 0 Å². The molecule has 0 bridgehead atoms. The number of hydrogen-bond acceptors (Lipinski definition) is 0. The maximum Gasteiger partial charge on any atom is 0.0175 e. The Hall–Kier alpha value is -6.06. The Kier molecular flexibility index (Phi) is 22.9. The topological polar surface area (TPSA) is 0 Å². The number of unbranched alkanes of at least 4 members (excludes halogenated alkanes) is 18. The molecule has 80 heavy (non-hydrogen) atoms. The molecule has 9 aromatic rings. The average Bonchev–Trinajstić information content (AvgIpc) is 3.63. The molecule has 0 fully saturated rings. The highest BCUT2D eigenvalue weighted by molar-refractivity contribution is 9.10. The van der Waals surface area contributed by atoms with Crippen molar-refractivity contribution in [3.8, 4) is 89.0 Å². The van der Waals surface area contributed by atoms with Crippen LogP contribution in [0.3, 0.4) is 0 Å². The van der Waals surface area contributed by atoms with Crippen molar-refractivity contribution in [3.63, 3.8) is 0 Å². The Labute approximate surface area is 498 Å². The van der Waals surface area contributed by atoms with Gasteiger partial charge in [-0.25, -0.2) is 0 Å². The van der Waals surface area contributed by atoms with E-state index in [1.807, 2.05) is 0 Å². The molecule has 0 heterocycles. The van der Waals surface area contributed by atoms with E-state index in [2.05, 4.69) is 252 Å². The fourth-order valence-corrected chi connectivity index (χ4v) is 12.5. The average molecular weight is 1180 g/mol. The monoisotopic (exact) mass is 1180 g/mol. The first-order chi connectivity index (χ1) is 39.5. The van der Waals surface area contributed by atoms with Crippen molar-refractivity contribution < 1.29 is 0 Å². The maximum absolute atomic E-state index is 3.85. The van der Waals surface area contributed by atoms with E-state index in [0.29, 0.717) is 0 Å². The molecule has 9 aromatic carbocycles. The highest BCUT2D eigenvalue weighted by atomic mass is 79.9. The van der Waals surface area contributed by atoms with Crippen LogP contribution in [0.5, 0.6) is 0 Å². The number of halogens is 2. The molecular formula is C78H84Br2. The van der Waals surface area contributed by atoms with Crippen LogP contribution in [0, 0.1) is 0 Å². The van der Waals surface area contributed by atoms with Crippen LogP contribution in [0.25, 0.3) is 89.0 Å². The zero-order valence-electron chi connectivity index (χ0n) is 47.9. The van der Waals surface area contributed by atoms with Crippen molar-refractivity contribution in [1.82, 2.24) is 0 Å². The van der Waals surface area contributed by atoms with Gasteiger partial charge in [0, 0.05) is 8.95 Å². The Morgan fingerprint density at radius 1 is 0.212 bits per heavy atom. The lowest BCUT2D eigenvalue weighted by molar-refractivity contribution is 0.556. The Morgan fingerprint density at radius 2 is 0.463 bits per heavy atom. The molecule has 0 aliphatic carbocycles. The largest absolute Gasteiger partial charge is 0.0654 e. The maximum atomic E-state index is 3.85. The summed E-state index contributed by atoms with van der Waals surface area (Å²) in [6.07, 6.45) is 29.1. The lowest BCUT2D eigenvalue weighted by Gasteiger charge is -2.29. The van der Waals surface area contributed by atoms with Crippen molar-refractivity contribution in [1.29, 1.82) is 0 Å². The second kappa shape index (κ2) is 31.2. The van der Waals surface area contributed by atoms with Gasteiger partial charge in [-0.1, -0.05) is 331 Å². The number of aryl methyl sites for hydroxylation is 2. The molecule has 0 spiro atoms. The van der Waals surface area contributed by atoms with E-state index < -0.39 is 0 Å². The molecule has 0 N–H and O–H groups in total. The third-order valence-electron chi connectivity index (χ3n) is 16.4. The molecular weight excluding hydrogens is 1100 g/mol. The summed E-state index contributed by atoms with van der Waals surface area (Å²) in [4.78, 5) is 0. The fourth-order valence-electron chi connectivity index (χ4n) is 12.0. The second-order valence-electron chi connectivity index (χ2n) is 22.4. The lowest BCUT2D eigenvalue weighted by Crippen LogP contribution is -2.03. The summed E-state index contributed by atoms with van der Waals surface area (Å²) in [6.45, 7) is 4.61. The Morgan fingerprint density at radius 3 is 0.775 bits per heavy atom. The van der Waals surface area contributed by atoms with Crippen LogP contribution in [0.15, 0.2) is 215 Å². The first-order valence-electron chi connectivity index (χ1n) is 30.7. The van der Waals surface area contributed by atoms with Gasteiger partial charge >= 0.3 is 0 Å². The predicted molar refractivity (Wildman–Crippen MR) is 356 cm³/mol. The van der Waals surface area contributed by atoms with Crippen LogP contribution in [0.4, 0.5) is 0 Å². The third-order valence-corrected chi connectivity index (χ3v) is 17.5. The van der Waals surface area contributed by atoms with E-state index in [-0.39, 0.29) is 0 Å². The number of rotatable bonds is 30. The van der Waals surface area contributed by atoms with E-state index in [4.69, 9.17) is 0 Å². The van der Waals surface area contributed by atoms with Gasteiger partial charge in [-0.15, -0.1) is 0 Å². The molecule has 0 unspecified atom stereocenters. The molecule has 410 valence electrons. The molecule has 0 aromatic heterocycles. The zero-order chi connectivity index (χ0) is 55.1. The van der Waals surface area contributed by atoms with Gasteiger partial charge in [0.1, 0.15) is 0 Å². The molecule has 9 rings (SSSR count). The van der Waals surface area contributed by atoms with Gasteiger partial charge in [0.2, 0.25) is 0 Å². The quantitative estimate of drug-likeness (QED) is 0.0394. The van der Waals surface area contributed by atoms with Gasteiger partial charge in [0.15, 0.2) is 0 Å². The standard InChI is InChI=1S/C78H84Br2/c1-3-5-7-9-11-13-15-17-19-23-31-59-41-45-63(46-42-59)73-74(64-47-43-60(44-48-64)32-24-20-18-16-14-12-10-8-6-4-2)78(70-40-30-38-68(58-70)62-35-27-22-28-36-62)76(66-51-55-72(80)56-52-66)75(65-49-53-71(79)54-50-65)77(73)69-39-29-37-67(57-69)61-33-25-21-26-34-61/h21-22,25-30,33-58H,3-20,23-24,31-32H2,1-2H3. The van der Waals surface area contributed by atoms with Gasteiger partial charge in [-0.05, 0) is 162 Å². The van der Waals surface area contributed by atoms with Crippen LogP contribution < -0.4 is 0 Å². The summed E-state index contributed by atoms with van der Waals surface area (Å²) in [5, 5.41) is 0. The van der Waals surface area contributed by atoms with Gasteiger partial charge in [0.25, 0.3) is 0 Å². The molecule has 0 aliphatic rings. The second-order valence-corrected chi connectivity index (χ2v) is 24.2. The Bertz CT molecular complexity index is 3040. The first kappa shape index (κ1) is 58.6. The third kappa shape index (κ3) is 16.1. The summed E-state index contributed by atoms with van der Waals surface area (Å²) in [6, 6.07) is 78.1. The minimum atomic E-state index is 1.06. The van der Waals surface area contributed by atoms with Gasteiger partial charge in [-0.3, -0.25) is 0 Å². The van der Waals surface area contributed by atoms with Crippen molar-refractivity contribution >= 4 is 31.9 Å². The van der Waals surface area contributed by atoms with Crippen molar-refractivity contribution in [3.05, 3.63) is 226 Å². The molecule has 0 atom stereocenters. The van der Waals surface area contributed by atoms with Gasteiger partial charge in [-0.2, -0.15) is 0 Å². The molecule has 0 saturated carbocycles. The highest BCUT2D eigenvalue weighted by Gasteiger charge is 2.30. The van der Waals surface area contributed by atoms with E-state index in [9.17, 15) is 0 Å². The Balaban J connectivity index is 1.24. The van der Waals surface area contributed by atoms with Crippen LogP contribution in [0.1, 0.15) is 153 Å². The van der Waals surface area contributed by atoms with Crippen molar-refractivity contribution in [2.45, 2.75) is 155 Å². The van der Waals surface area contributed by atoms with Crippen molar-refractivity contribution in [2.24, 2.45) is 0 Å². The summed E-state index contributed by atoms with van der Waals surface area (Å²) in [5.74, 6) is 0.